The Bertz CT molecular complexity index is 130. The van der Waals surface area contributed by atoms with E-state index < -0.39 is 0 Å². The van der Waals surface area contributed by atoms with Gasteiger partial charge in [-0.25, -0.2) is 0 Å². The Morgan fingerprint density at radius 1 is 0.556 bits per heavy atom. The zero-order chi connectivity index (χ0) is 13.3. The molecule has 0 aromatic heterocycles. The van der Waals surface area contributed by atoms with Gasteiger partial charge in [-0.1, -0.05) is 19.3 Å². The van der Waals surface area contributed by atoms with Crippen LogP contribution in [-0.2, 0) is 0 Å². The summed E-state index contributed by atoms with van der Waals surface area (Å²) in [5, 5.41) is 6.98. The number of thioether (sulfide) groups is 2. The van der Waals surface area contributed by atoms with E-state index in [1.807, 2.05) is 23.5 Å². The summed E-state index contributed by atoms with van der Waals surface area (Å²) in [5.74, 6) is 2.56. The largest absolute Gasteiger partial charge is 0.317 e. The van der Waals surface area contributed by atoms with Crippen molar-refractivity contribution < 1.29 is 0 Å². The lowest BCUT2D eigenvalue weighted by Crippen LogP contribution is -2.24. The fourth-order valence-electron chi connectivity index (χ4n) is 1.79. The van der Waals surface area contributed by atoms with Crippen LogP contribution in [0.1, 0.15) is 38.5 Å². The Hall–Kier alpha value is 0.620. The van der Waals surface area contributed by atoms with E-state index in [9.17, 15) is 0 Å². The second kappa shape index (κ2) is 17.6. The molecule has 0 amide bonds. The molecule has 110 valence electrons. The fraction of sp³-hybridized carbons (Fsp3) is 1.00. The minimum Gasteiger partial charge on any atom is -0.317 e. The van der Waals surface area contributed by atoms with Crippen molar-refractivity contribution in [2.75, 3.05) is 50.2 Å². The highest BCUT2D eigenvalue weighted by Crippen LogP contribution is 2.05. The molecule has 0 saturated heterocycles. The van der Waals surface area contributed by atoms with Crippen molar-refractivity contribution in [3.8, 4) is 0 Å². The van der Waals surface area contributed by atoms with Gasteiger partial charge >= 0.3 is 0 Å². The Morgan fingerprint density at radius 3 is 1.83 bits per heavy atom. The Morgan fingerprint density at radius 2 is 1.11 bits per heavy atom. The molecular weight excluding hydrogens is 260 g/mol. The van der Waals surface area contributed by atoms with Crippen molar-refractivity contribution >= 4 is 23.5 Å². The van der Waals surface area contributed by atoms with Gasteiger partial charge in [-0.2, -0.15) is 23.5 Å². The molecule has 0 aromatic carbocycles. The first-order valence-corrected chi connectivity index (χ1v) is 10.1. The summed E-state index contributed by atoms with van der Waals surface area (Å²) in [4.78, 5) is 0. The first kappa shape index (κ1) is 18.6. The maximum absolute atomic E-state index is 3.53. The molecule has 18 heavy (non-hydrogen) atoms. The summed E-state index contributed by atoms with van der Waals surface area (Å²) in [6, 6.07) is 0. The molecule has 2 N–H and O–H groups in total. The second-order valence-corrected chi connectivity index (χ2v) is 6.58. The number of nitrogens with one attached hydrogen (secondary N) is 2. The topological polar surface area (TPSA) is 24.1 Å². The molecule has 0 unspecified atom stereocenters. The van der Waals surface area contributed by atoms with Gasteiger partial charge in [-0.3, -0.25) is 0 Å². The highest BCUT2D eigenvalue weighted by atomic mass is 32.2. The van der Waals surface area contributed by atoms with Gasteiger partial charge in [-0.15, -0.1) is 0 Å². The van der Waals surface area contributed by atoms with Crippen LogP contribution in [-0.4, -0.2) is 50.2 Å². The normalized spacial score (nSPS) is 11.0. The lowest BCUT2D eigenvalue weighted by molar-refractivity contribution is 0.563. The van der Waals surface area contributed by atoms with Crippen LogP contribution in [0.15, 0.2) is 0 Å². The van der Waals surface area contributed by atoms with Crippen LogP contribution in [0.4, 0.5) is 0 Å². The minimum absolute atomic E-state index is 1.15. The predicted octanol–water partition coefficient (Wildman–Crippen LogP) is 3.23. The summed E-state index contributed by atoms with van der Waals surface area (Å²) >= 11 is 3.87. The zero-order valence-electron chi connectivity index (χ0n) is 12.3. The van der Waals surface area contributed by atoms with Crippen molar-refractivity contribution in [2.45, 2.75) is 38.5 Å². The van der Waals surface area contributed by atoms with Gasteiger partial charge in [0.2, 0.25) is 0 Å². The van der Waals surface area contributed by atoms with Crippen LogP contribution in [0.5, 0.6) is 0 Å². The zero-order valence-corrected chi connectivity index (χ0v) is 13.9. The molecule has 0 rings (SSSR count). The summed E-state index contributed by atoms with van der Waals surface area (Å²) in [7, 11) is 0. The molecule has 0 saturated carbocycles. The Labute approximate surface area is 123 Å². The molecular formula is C14H32N2S2. The average Bonchev–Trinajstić information content (AvgIpc) is 2.39. The maximum atomic E-state index is 3.53. The standard InChI is InChI=1S/C14H32N2S2/c1-17-13-7-5-3-4-6-9-15-10-8-11-16-12-14-18-2/h15-16H,3-14H2,1-2H3. The minimum atomic E-state index is 1.15. The molecule has 0 aliphatic carbocycles. The van der Waals surface area contributed by atoms with Gasteiger partial charge in [0.1, 0.15) is 0 Å². The fourth-order valence-corrected chi connectivity index (χ4v) is 2.63. The molecule has 0 bridgehead atoms. The molecule has 0 atom stereocenters. The first-order valence-electron chi connectivity index (χ1n) is 7.31. The highest BCUT2D eigenvalue weighted by molar-refractivity contribution is 7.98. The summed E-state index contributed by atoms with van der Waals surface area (Å²) < 4.78 is 0. The molecule has 4 heteroatoms. The quantitative estimate of drug-likeness (QED) is 0.453. The van der Waals surface area contributed by atoms with Gasteiger partial charge in [0.25, 0.3) is 0 Å². The van der Waals surface area contributed by atoms with Crippen molar-refractivity contribution in [1.82, 2.24) is 10.6 Å². The first-order chi connectivity index (χ1) is 8.91. The van der Waals surface area contributed by atoms with Crippen LogP contribution in [0.3, 0.4) is 0 Å². The van der Waals surface area contributed by atoms with Crippen LogP contribution in [0, 0.1) is 0 Å². The van der Waals surface area contributed by atoms with Gasteiger partial charge in [-0.05, 0) is 57.2 Å². The smallest absolute Gasteiger partial charge is 0.00553 e. The second-order valence-electron chi connectivity index (χ2n) is 4.61. The Balaban J connectivity index is 2.86. The van der Waals surface area contributed by atoms with Crippen molar-refractivity contribution in [3.05, 3.63) is 0 Å². The van der Waals surface area contributed by atoms with Gasteiger partial charge in [0.15, 0.2) is 0 Å². The molecule has 0 aromatic rings. The third kappa shape index (κ3) is 16.6. The van der Waals surface area contributed by atoms with E-state index in [0.29, 0.717) is 0 Å². The SMILES string of the molecule is CSCCCCCCCNCCCNCCSC. The van der Waals surface area contributed by atoms with E-state index in [1.54, 1.807) is 0 Å². The predicted molar refractivity (Wildman–Crippen MR) is 90.2 cm³/mol. The summed E-state index contributed by atoms with van der Waals surface area (Å²) in [5.41, 5.74) is 0. The lowest BCUT2D eigenvalue weighted by Gasteiger charge is -2.06. The molecule has 0 fully saturated rings. The molecule has 0 aliphatic heterocycles. The van der Waals surface area contributed by atoms with Crippen molar-refractivity contribution in [2.24, 2.45) is 0 Å². The van der Waals surface area contributed by atoms with Gasteiger partial charge in [0, 0.05) is 12.3 Å². The monoisotopic (exact) mass is 292 g/mol. The van der Waals surface area contributed by atoms with Crippen molar-refractivity contribution in [1.29, 1.82) is 0 Å². The van der Waals surface area contributed by atoms with Crippen LogP contribution in [0.2, 0.25) is 0 Å². The average molecular weight is 293 g/mol. The molecule has 0 aliphatic rings. The lowest BCUT2D eigenvalue weighted by atomic mass is 10.1. The van der Waals surface area contributed by atoms with Crippen LogP contribution in [0.25, 0.3) is 0 Å². The van der Waals surface area contributed by atoms with Crippen molar-refractivity contribution in [3.63, 3.8) is 0 Å². The number of unbranched alkanes of at least 4 members (excludes halogenated alkanes) is 4. The van der Waals surface area contributed by atoms with E-state index in [4.69, 9.17) is 0 Å². The van der Waals surface area contributed by atoms with E-state index in [0.717, 1.165) is 13.1 Å². The van der Waals surface area contributed by atoms with E-state index in [2.05, 4.69) is 23.1 Å². The summed E-state index contributed by atoms with van der Waals surface area (Å²) in [6.07, 6.45) is 12.6. The van der Waals surface area contributed by atoms with E-state index >= 15 is 0 Å². The summed E-state index contributed by atoms with van der Waals surface area (Å²) in [6.45, 7) is 4.67. The number of hydrogen-bond donors (Lipinski definition) is 2. The number of hydrogen-bond acceptors (Lipinski definition) is 4. The maximum Gasteiger partial charge on any atom is 0.00553 e. The third-order valence-electron chi connectivity index (χ3n) is 2.89. The number of rotatable bonds is 15. The van der Waals surface area contributed by atoms with Crippen LogP contribution >= 0.6 is 23.5 Å². The highest BCUT2D eigenvalue weighted by Gasteiger charge is 1.92. The Kier molecular flexibility index (Phi) is 18.2. The van der Waals surface area contributed by atoms with E-state index in [1.165, 1.54) is 63.1 Å². The molecule has 0 radical (unpaired) electrons. The molecule has 0 spiro atoms. The van der Waals surface area contributed by atoms with E-state index in [-0.39, 0.29) is 0 Å². The van der Waals surface area contributed by atoms with Gasteiger partial charge in [0.05, 0.1) is 0 Å². The van der Waals surface area contributed by atoms with Crippen LogP contribution < -0.4 is 10.6 Å². The van der Waals surface area contributed by atoms with Gasteiger partial charge < -0.3 is 10.6 Å². The third-order valence-corrected chi connectivity index (χ3v) is 4.20. The molecule has 0 heterocycles. The molecule has 2 nitrogen and oxygen atoms in total.